The number of hydrogen-bond donors (Lipinski definition) is 3. The molecule has 0 aromatic rings. The molecule has 3 saturated heterocycles. The van der Waals surface area contributed by atoms with E-state index in [0.29, 0.717) is 18.0 Å². The SMILES string of the molecule is O=C(NOC1CCCNC1)[C@@H]1CC2(CC2)[C@@H]2CN1C(=O)N2OS(=O)(=O)O. The number of rotatable bonds is 5. The molecular weight excluding hydrogens is 368 g/mol. The molecule has 0 aromatic heterocycles. The molecule has 4 aliphatic rings. The Balaban J connectivity index is 1.45. The van der Waals surface area contributed by atoms with Gasteiger partial charge in [0.2, 0.25) is 0 Å². The van der Waals surface area contributed by atoms with E-state index in [1.54, 1.807) is 0 Å². The molecule has 1 unspecified atom stereocenters. The zero-order valence-corrected chi connectivity index (χ0v) is 14.9. The fourth-order valence-corrected chi connectivity index (χ4v) is 4.55. The molecule has 4 fully saturated rings. The van der Waals surface area contributed by atoms with Crippen molar-refractivity contribution in [1.29, 1.82) is 0 Å². The first-order valence-electron chi connectivity index (χ1n) is 8.72. The van der Waals surface area contributed by atoms with E-state index in [-0.39, 0.29) is 18.1 Å². The number of hydroxylamine groups is 3. The molecule has 1 saturated carbocycles. The number of hydrogen-bond acceptors (Lipinski definition) is 7. The highest BCUT2D eigenvalue weighted by Gasteiger charge is 2.65. The molecule has 0 radical (unpaired) electrons. The fourth-order valence-electron chi connectivity index (χ4n) is 4.18. The van der Waals surface area contributed by atoms with E-state index in [1.165, 1.54) is 4.90 Å². The van der Waals surface area contributed by atoms with Crippen LogP contribution in [0.3, 0.4) is 0 Å². The summed E-state index contributed by atoms with van der Waals surface area (Å²) in [5.41, 5.74) is 2.09. The maximum absolute atomic E-state index is 12.6. The highest BCUT2D eigenvalue weighted by molar-refractivity contribution is 7.80. The van der Waals surface area contributed by atoms with Gasteiger partial charge in [-0.3, -0.25) is 14.2 Å². The van der Waals surface area contributed by atoms with Crippen LogP contribution in [0, 0.1) is 5.41 Å². The third-order valence-electron chi connectivity index (χ3n) is 5.72. The van der Waals surface area contributed by atoms with Crippen LogP contribution in [-0.4, -0.2) is 72.7 Å². The van der Waals surface area contributed by atoms with E-state index in [9.17, 15) is 18.0 Å². The van der Waals surface area contributed by atoms with Crippen LogP contribution in [0.1, 0.15) is 32.1 Å². The number of fused-ring (bicyclic) bond motifs is 3. The lowest BCUT2D eigenvalue weighted by Gasteiger charge is -2.35. The van der Waals surface area contributed by atoms with Crippen LogP contribution in [0.25, 0.3) is 0 Å². The minimum atomic E-state index is -4.82. The normalized spacial score (nSPS) is 32.8. The molecule has 3 amide bonds. The average molecular weight is 390 g/mol. The molecule has 1 spiro atoms. The lowest BCUT2D eigenvalue weighted by Crippen LogP contribution is -2.53. The third-order valence-corrected chi connectivity index (χ3v) is 6.07. The number of carbonyl (C=O) groups is 2. The number of nitrogens with one attached hydrogen (secondary N) is 2. The summed E-state index contributed by atoms with van der Waals surface area (Å²) < 4.78 is 35.5. The monoisotopic (exact) mass is 390 g/mol. The van der Waals surface area contributed by atoms with Crippen molar-refractivity contribution in [1.82, 2.24) is 20.8 Å². The molecule has 2 bridgehead atoms. The van der Waals surface area contributed by atoms with Crippen molar-refractivity contribution in [3.8, 4) is 0 Å². The van der Waals surface area contributed by atoms with Crippen LogP contribution in [0.15, 0.2) is 0 Å². The molecule has 3 heterocycles. The Bertz CT molecular complexity index is 704. The van der Waals surface area contributed by atoms with E-state index in [4.69, 9.17) is 9.39 Å². The molecule has 12 heteroatoms. The van der Waals surface area contributed by atoms with Crippen LogP contribution in [0.5, 0.6) is 0 Å². The standard InChI is InChI=1S/C14H22N4O7S/c19-12(16-24-9-2-1-5-15-7-9)10-6-14(3-4-14)11-8-17(10)13(20)18(11)25-26(21,22)23/h9-11,15H,1-8H2,(H,16,19)(H,21,22,23)/t9?,10-,11-/m0/s1. The van der Waals surface area contributed by atoms with Crippen LogP contribution in [-0.2, 0) is 24.3 Å². The molecule has 3 aliphatic heterocycles. The lowest BCUT2D eigenvalue weighted by molar-refractivity contribution is -0.145. The van der Waals surface area contributed by atoms with Crippen molar-refractivity contribution in [2.45, 2.75) is 50.3 Å². The van der Waals surface area contributed by atoms with E-state index < -0.39 is 34.4 Å². The van der Waals surface area contributed by atoms with E-state index in [2.05, 4.69) is 15.1 Å². The van der Waals surface area contributed by atoms with Crippen LogP contribution < -0.4 is 10.8 Å². The molecular formula is C14H22N4O7S. The van der Waals surface area contributed by atoms with Gasteiger partial charge in [-0.1, -0.05) is 0 Å². The van der Waals surface area contributed by atoms with Gasteiger partial charge in [0.25, 0.3) is 5.91 Å². The Labute approximate surface area is 150 Å². The van der Waals surface area contributed by atoms with Crippen LogP contribution in [0.2, 0.25) is 0 Å². The van der Waals surface area contributed by atoms with Gasteiger partial charge in [-0.2, -0.15) is 13.5 Å². The van der Waals surface area contributed by atoms with E-state index in [1.807, 2.05) is 0 Å². The van der Waals surface area contributed by atoms with Crippen molar-refractivity contribution < 1.29 is 31.7 Å². The second kappa shape index (κ2) is 6.30. The number of piperidine rings is 2. The molecule has 4 rings (SSSR count). The van der Waals surface area contributed by atoms with Crippen molar-refractivity contribution in [2.24, 2.45) is 5.41 Å². The zero-order chi connectivity index (χ0) is 18.5. The lowest BCUT2D eigenvalue weighted by atomic mass is 9.85. The minimum absolute atomic E-state index is 0.118. The summed E-state index contributed by atoms with van der Waals surface area (Å²) in [6, 6.07) is -1.99. The maximum Gasteiger partial charge on any atom is 0.418 e. The van der Waals surface area contributed by atoms with Gasteiger partial charge in [-0.05, 0) is 44.1 Å². The summed E-state index contributed by atoms with van der Waals surface area (Å²) in [6.07, 6.45) is 3.62. The zero-order valence-electron chi connectivity index (χ0n) is 14.1. The van der Waals surface area contributed by atoms with Gasteiger partial charge in [0.15, 0.2) is 0 Å². The molecule has 11 nitrogen and oxygen atoms in total. The van der Waals surface area contributed by atoms with E-state index in [0.717, 1.165) is 32.2 Å². The van der Waals surface area contributed by atoms with Crippen molar-refractivity contribution in [2.75, 3.05) is 19.6 Å². The Hall–Kier alpha value is -1.47. The van der Waals surface area contributed by atoms with Gasteiger partial charge in [0.05, 0.1) is 12.1 Å². The average Bonchev–Trinajstić information content (AvgIpc) is 3.31. The number of nitrogens with zero attached hydrogens (tertiary/aromatic N) is 2. The number of urea groups is 1. The topological polar surface area (TPSA) is 138 Å². The second-order valence-electron chi connectivity index (χ2n) is 7.41. The quantitative estimate of drug-likeness (QED) is 0.409. The van der Waals surface area contributed by atoms with E-state index >= 15 is 0 Å². The molecule has 3 N–H and O–H groups in total. The van der Waals surface area contributed by atoms with Crippen molar-refractivity contribution >= 4 is 22.3 Å². The fraction of sp³-hybridized carbons (Fsp3) is 0.857. The molecule has 146 valence electrons. The highest BCUT2D eigenvalue weighted by Crippen LogP contribution is 2.59. The molecule has 26 heavy (non-hydrogen) atoms. The van der Waals surface area contributed by atoms with Crippen molar-refractivity contribution in [3.05, 3.63) is 0 Å². The third kappa shape index (κ3) is 3.27. The van der Waals surface area contributed by atoms with Gasteiger partial charge < -0.3 is 10.2 Å². The minimum Gasteiger partial charge on any atom is -0.314 e. The Morgan fingerprint density at radius 2 is 2.15 bits per heavy atom. The molecule has 0 aromatic carbocycles. The Morgan fingerprint density at radius 1 is 1.38 bits per heavy atom. The number of amides is 3. The Kier molecular flexibility index (Phi) is 4.34. The smallest absolute Gasteiger partial charge is 0.314 e. The van der Waals surface area contributed by atoms with Crippen LogP contribution in [0.4, 0.5) is 4.79 Å². The molecule has 3 atom stereocenters. The summed E-state index contributed by atoms with van der Waals surface area (Å²) in [6.45, 7) is 1.75. The summed E-state index contributed by atoms with van der Waals surface area (Å²) in [7, 11) is -4.82. The summed E-state index contributed by atoms with van der Waals surface area (Å²) in [5, 5.41) is 3.87. The Morgan fingerprint density at radius 3 is 2.77 bits per heavy atom. The first-order chi connectivity index (χ1) is 12.3. The van der Waals surface area contributed by atoms with Gasteiger partial charge in [-0.25, -0.2) is 10.3 Å². The summed E-state index contributed by atoms with van der Waals surface area (Å²) >= 11 is 0. The predicted molar refractivity (Wildman–Crippen MR) is 85.6 cm³/mol. The van der Waals surface area contributed by atoms with Gasteiger partial charge >= 0.3 is 16.4 Å². The largest absolute Gasteiger partial charge is 0.418 e. The van der Waals surface area contributed by atoms with Crippen LogP contribution >= 0.6 is 0 Å². The number of carbonyl (C=O) groups excluding carboxylic acids is 2. The maximum atomic E-state index is 12.6. The highest BCUT2D eigenvalue weighted by atomic mass is 32.3. The second-order valence-corrected chi connectivity index (χ2v) is 8.42. The predicted octanol–water partition coefficient (Wildman–Crippen LogP) is -0.821. The summed E-state index contributed by atoms with van der Waals surface area (Å²) in [4.78, 5) is 31.9. The first-order valence-corrected chi connectivity index (χ1v) is 10.1. The van der Waals surface area contributed by atoms with Gasteiger partial charge in [0, 0.05) is 13.1 Å². The first kappa shape index (κ1) is 17.9. The van der Waals surface area contributed by atoms with Crippen molar-refractivity contribution in [3.63, 3.8) is 0 Å². The molecule has 1 aliphatic carbocycles. The summed E-state index contributed by atoms with van der Waals surface area (Å²) in [5.74, 6) is -0.428. The van der Waals surface area contributed by atoms with Gasteiger partial charge in [-0.15, -0.1) is 4.28 Å². The van der Waals surface area contributed by atoms with Gasteiger partial charge in [0.1, 0.15) is 6.04 Å².